The van der Waals surface area contributed by atoms with Crippen LogP contribution < -0.4 is 0 Å². The van der Waals surface area contributed by atoms with Gasteiger partial charge in [0, 0.05) is 37.6 Å². The van der Waals surface area contributed by atoms with Gasteiger partial charge in [-0.1, -0.05) is 25.1 Å². The van der Waals surface area contributed by atoms with Crippen LogP contribution in [0, 0.1) is 0 Å². The standard InChI is InChI=1S/C17H24N2O2/c1-3-19-9-8-18(11-13(19)2)12-15(20)17-10-14-6-4-5-7-16(14)21-17/h4-7,10,13,15,20H,3,8-9,11-12H2,1-2H3. The molecule has 4 nitrogen and oxygen atoms in total. The van der Waals surface area contributed by atoms with Crippen molar-refractivity contribution in [3.8, 4) is 0 Å². The zero-order valence-corrected chi connectivity index (χ0v) is 12.8. The molecule has 3 rings (SSSR count). The quantitative estimate of drug-likeness (QED) is 0.938. The minimum Gasteiger partial charge on any atom is -0.458 e. The van der Waals surface area contributed by atoms with Crippen LogP contribution in [0.5, 0.6) is 0 Å². The van der Waals surface area contributed by atoms with Crippen molar-refractivity contribution in [2.75, 3.05) is 32.7 Å². The van der Waals surface area contributed by atoms with Crippen LogP contribution >= 0.6 is 0 Å². The molecule has 1 N–H and O–H groups in total. The smallest absolute Gasteiger partial charge is 0.135 e. The maximum Gasteiger partial charge on any atom is 0.135 e. The molecule has 4 heteroatoms. The molecule has 1 aliphatic heterocycles. The first-order valence-electron chi connectivity index (χ1n) is 7.80. The second-order valence-electron chi connectivity index (χ2n) is 5.94. The van der Waals surface area contributed by atoms with E-state index in [-0.39, 0.29) is 0 Å². The maximum atomic E-state index is 10.4. The van der Waals surface area contributed by atoms with Crippen molar-refractivity contribution in [3.63, 3.8) is 0 Å². The van der Waals surface area contributed by atoms with Crippen LogP contribution in [0.15, 0.2) is 34.7 Å². The Hall–Kier alpha value is -1.36. The third-order valence-corrected chi connectivity index (χ3v) is 4.46. The van der Waals surface area contributed by atoms with Gasteiger partial charge in [0.15, 0.2) is 0 Å². The summed E-state index contributed by atoms with van der Waals surface area (Å²) in [6.07, 6.45) is -0.558. The topological polar surface area (TPSA) is 39.9 Å². The number of likely N-dealkylation sites (N-methyl/N-ethyl adjacent to an activating group) is 1. The number of hydrogen-bond acceptors (Lipinski definition) is 4. The van der Waals surface area contributed by atoms with Gasteiger partial charge in [0.1, 0.15) is 17.4 Å². The molecule has 0 bridgehead atoms. The Morgan fingerprint density at radius 3 is 2.86 bits per heavy atom. The van der Waals surface area contributed by atoms with E-state index in [1.54, 1.807) is 0 Å². The maximum absolute atomic E-state index is 10.4. The third-order valence-electron chi connectivity index (χ3n) is 4.46. The fraction of sp³-hybridized carbons (Fsp3) is 0.529. The van der Waals surface area contributed by atoms with Gasteiger partial charge in [0.25, 0.3) is 0 Å². The molecule has 1 saturated heterocycles. The number of rotatable bonds is 4. The lowest BCUT2D eigenvalue weighted by atomic mass is 10.1. The molecule has 0 spiro atoms. The van der Waals surface area contributed by atoms with E-state index in [9.17, 15) is 5.11 Å². The van der Waals surface area contributed by atoms with Gasteiger partial charge in [-0.25, -0.2) is 0 Å². The van der Waals surface area contributed by atoms with Gasteiger partial charge in [-0.2, -0.15) is 0 Å². The number of piperazine rings is 1. The molecule has 2 heterocycles. The predicted octanol–water partition coefficient (Wildman–Crippen LogP) is 2.49. The number of benzene rings is 1. The highest BCUT2D eigenvalue weighted by Crippen LogP contribution is 2.24. The van der Waals surface area contributed by atoms with Crippen LogP contribution in [0.1, 0.15) is 25.7 Å². The van der Waals surface area contributed by atoms with E-state index in [2.05, 4.69) is 23.6 Å². The van der Waals surface area contributed by atoms with Gasteiger partial charge in [-0.15, -0.1) is 0 Å². The Labute approximate surface area is 125 Å². The van der Waals surface area contributed by atoms with Gasteiger partial charge in [-0.05, 0) is 25.6 Å². The molecule has 1 aromatic carbocycles. The molecule has 21 heavy (non-hydrogen) atoms. The summed E-state index contributed by atoms with van der Waals surface area (Å²) in [5.41, 5.74) is 0.843. The molecule has 0 aliphatic carbocycles. The minimum atomic E-state index is -0.558. The highest BCUT2D eigenvalue weighted by molar-refractivity contribution is 5.77. The van der Waals surface area contributed by atoms with Crippen molar-refractivity contribution in [1.82, 2.24) is 9.80 Å². The van der Waals surface area contributed by atoms with Crippen LogP contribution in [0.4, 0.5) is 0 Å². The van der Waals surface area contributed by atoms with Crippen LogP contribution in [-0.2, 0) is 0 Å². The van der Waals surface area contributed by atoms with Gasteiger partial charge < -0.3 is 9.52 Å². The lowest BCUT2D eigenvalue weighted by molar-refractivity contribution is 0.0410. The SMILES string of the molecule is CCN1CCN(CC(O)c2cc3ccccc3o2)CC1C. The average Bonchev–Trinajstić information content (AvgIpc) is 2.91. The van der Waals surface area contributed by atoms with E-state index in [4.69, 9.17) is 4.42 Å². The summed E-state index contributed by atoms with van der Waals surface area (Å²) in [6.45, 7) is 9.28. The second kappa shape index (κ2) is 6.18. The summed E-state index contributed by atoms with van der Waals surface area (Å²) in [5, 5.41) is 11.5. The fourth-order valence-corrected chi connectivity index (χ4v) is 3.21. The summed E-state index contributed by atoms with van der Waals surface area (Å²) >= 11 is 0. The Morgan fingerprint density at radius 2 is 2.14 bits per heavy atom. The highest BCUT2D eigenvalue weighted by Gasteiger charge is 2.25. The van der Waals surface area contributed by atoms with E-state index >= 15 is 0 Å². The largest absolute Gasteiger partial charge is 0.458 e. The zero-order valence-electron chi connectivity index (χ0n) is 12.8. The minimum absolute atomic E-state index is 0.548. The molecule has 2 atom stereocenters. The van der Waals surface area contributed by atoms with Crippen LogP contribution in [0.2, 0.25) is 0 Å². The van der Waals surface area contributed by atoms with E-state index < -0.39 is 6.10 Å². The van der Waals surface area contributed by atoms with E-state index in [1.807, 2.05) is 30.3 Å². The number of hydrogen-bond donors (Lipinski definition) is 1. The third kappa shape index (κ3) is 3.12. The van der Waals surface area contributed by atoms with Crippen molar-refractivity contribution in [3.05, 3.63) is 36.1 Å². The van der Waals surface area contributed by atoms with Gasteiger partial charge in [0.2, 0.25) is 0 Å². The molecule has 2 aromatic rings. The number of fused-ring (bicyclic) bond motifs is 1. The Bertz CT molecular complexity index is 562. The van der Waals surface area contributed by atoms with Crippen LogP contribution in [0.3, 0.4) is 0 Å². The highest BCUT2D eigenvalue weighted by atomic mass is 16.4. The van der Waals surface area contributed by atoms with Crippen molar-refractivity contribution < 1.29 is 9.52 Å². The number of furan rings is 1. The Morgan fingerprint density at radius 1 is 1.33 bits per heavy atom. The molecule has 0 saturated carbocycles. The lowest BCUT2D eigenvalue weighted by Gasteiger charge is -2.39. The molecule has 1 fully saturated rings. The van der Waals surface area contributed by atoms with E-state index in [1.165, 1.54) is 0 Å². The van der Waals surface area contributed by atoms with Crippen molar-refractivity contribution in [2.24, 2.45) is 0 Å². The summed E-state index contributed by atoms with van der Waals surface area (Å²) < 4.78 is 5.75. The number of nitrogens with zero attached hydrogens (tertiary/aromatic N) is 2. The molecule has 114 valence electrons. The summed E-state index contributed by atoms with van der Waals surface area (Å²) in [7, 11) is 0. The van der Waals surface area contributed by atoms with Crippen molar-refractivity contribution in [2.45, 2.75) is 26.0 Å². The van der Waals surface area contributed by atoms with Gasteiger partial charge in [0.05, 0.1) is 0 Å². The van der Waals surface area contributed by atoms with Crippen molar-refractivity contribution >= 4 is 11.0 Å². The first-order chi connectivity index (χ1) is 10.2. The Kier molecular flexibility index (Phi) is 4.29. The summed E-state index contributed by atoms with van der Waals surface area (Å²) in [6, 6.07) is 10.4. The summed E-state index contributed by atoms with van der Waals surface area (Å²) in [4.78, 5) is 4.80. The summed E-state index contributed by atoms with van der Waals surface area (Å²) in [5.74, 6) is 0.668. The number of aliphatic hydroxyl groups excluding tert-OH is 1. The van der Waals surface area contributed by atoms with Crippen LogP contribution in [-0.4, -0.2) is 53.7 Å². The first kappa shape index (κ1) is 14.6. The fourth-order valence-electron chi connectivity index (χ4n) is 3.21. The Balaban J connectivity index is 1.65. The normalized spacial score (nSPS) is 22.7. The molecule has 1 aromatic heterocycles. The van der Waals surface area contributed by atoms with E-state index in [0.717, 1.165) is 37.1 Å². The number of β-amino-alcohol motifs (C(OH)–C–C–N with tert-alkyl or cyclic N) is 1. The molecule has 0 radical (unpaired) electrons. The molecule has 1 aliphatic rings. The second-order valence-corrected chi connectivity index (χ2v) is 5.94. The number of para-hydroxylation sites is 1. The van der Waals surface area contributed by atoms with Gasteiger partial charge >= 0.3 is 0 Å². The van der Waals surface area contributed by atoms with Crippen molar-refractivity contribution in [1.29, 1.82) is 0 Å². The number of aliphatic hydroxyl groups is 1. The van der Waals surface area contributed by atoms with Crippen LogP contribution in [0.25, 0.3) is 11.0 Å². The monoisotopic (exact) mass is 288 g/mol. The molecular formula is C17H24N2O2. The molecular weight excluding hydrogens is 264 g/mol. The average molecular weight is 288 g/mol. The molecule has 2 unspecified atom stereocenters. The zero-order chi connectivity index (χ0) is 14.8. The lowest BCUT2D eigenvalue weighted by Crippen LogP contribution is -2.52. The van der Waals surface area contributed by atoms with Gasteiger partial charge in [-0.3, -0.25) is 9.80 Å². The van der Waals surface area contributed by atoms with E-state index in [0.29, 0.717) is 18.3 Å². The molecule has 0 amide bonds. The predicted molar refractivity (Wildman–Crippen MR) is 84.3 cm³/mol. The first-order valence-corrected chi connectivity index (χ1v) is 7.80.